The molecule has 0 atom stereocenters. The average Bonchev–Trinajstić information content (AvgIpc) is 2.51. The molecule has 0 nitrogen and oxygen atoms in total. The monoisotopic (exact) mass is 399 g/mol. The van der Waals surface area contributed by atoms with Crippen molar-refractivity contribution < 1.29 is 33.5 Å². The van der Waals surface area contributed by atoms with E-state index in [0.717, 1.165) is 0 Å². The summed E-state index contributed by atoms with van der Waals surface area (Å²) in [5, 5.41) is 4.19. The zero-order valence-electron chi connectivity index (χ0n) is 11.3. The van der Waals surface area contributed by atoms with Crippen molar-refractivity contribution in [3.05, 3.63) is 91.0 Å². The molecule has 3 heteroatoms. The Bertz CT molecular complexity index is 535. The fraction of sp³-hybridized carbons (Fsp3) is 0. The molecule has 0 aromatic heterocycles. The Morgan fingerprint density at radius 2 is 0.667 bits per heavy atom. The van der Waals surface area contributed by atoms with Crippen LogP contribution >= 0.6 is 7.92 Å². The molecule has 0 amide bonds. The molecule has 108 valence electrons. The molecule has 0 bridgehead atoms. The van der Waals surface area contributed by atoms with Crippen LogP contribution < -0.4 is 32.9 Å². The predicted octanol–water partition coefficient (Wildman–Crippen LogP) is 0.446. The maximum atomic E-state index is 2.23. The maximum Gasteiger partial charge on any atom is 2.00 e. The third kappa shape index (κ3) is 4.51. The van der Waals surface area contributed by atoms with Gasteiger partial charge in [-0.2, -0.15) is 0 Å². The minimum atomic E-state index is -0.446. The molecule has 0 saturated carbocycles. The fourth-order valence-electron chi connectivity index (χ4n) is 2.18. The van der Waals surface area contributed by atoms with E-state index in [0.29, 0.717) is 0 Å². The summed E-state index contributed by atoms with van der Waals surface area (Å²) in [6.07, 6.45) is 0. The SMILES string of the molecule is [Br-].[Ni+2].c1ccc(P(c2ccccc2)c2ccccc2)cc1. The molecule has 0 fully saturated rings. The van der Waals surface area contributed by atoms with Crippen molar-refractivity contribution in [3.8, 4) is 0 Å². The van der Waals surface area contributed by atoms with Crippen molar-refractivity contribution in [2.45, 2.75) is 0 Å². The smallest absolute Gasteiger partial charge is 1.00 e. The van der Waals surface area contributed by atoms with Gasteiger partial charge in [-0.25, -0.2) is 0 Å². The van der Waals surface area contributed by atoms with Crippen molar-refractivity contribution in [3.63, 3.8) is 0 Å². The summed E-state index contributed by atoms with van der Waals surface area (Å²) < 4.78 is 0. The normalized spacial score (nSPS) is 9.57. The van der Waals surface area contributed by atoms with E-state index in [1.165, 1.54) is 15.9 Å². The largest absolute Gasteiger partial charge is 2.00 e. The van der Waals surface area contributed by atoms with Gasteiger partial charge in [-0.15, -0.1) is 0 Å². The van der Waals surface area contributed by atoms with E-state index in [-0.39, 0.29) is 33.5 Å². The quantitative estimate of drug-likeness (QED) is 0.442. The summed E-state index contributed by atoms with van der Waals surface area (Å²) in [7, 11) is -0.446. The van der Waals surface area contributed by atoms with E-state index in [2.05, 4.69) is 91.0 Å². The van der Waals surface area contributed by atoms with Crippen molar-refractivity contribution >= 4 is 23.8 Å². The van der Waals surface area contributed by atoms with E-state index in [1.54, 1.807) is 0 Å². The molecule has 0 spiro atoms. The zero-order valence-corrected chi connectivity index (χ0v) is 14.8. The Labute approximate surface area is 148 Å². The van der Waals surface area contributed by atoms with Crippen LogP contribution in [-0.2, 0) is 16.5 Å². The van der Waals surface area contributed by atoms with E-state index < -0.39 is 7.92 Å². The van der Waals surface area contributed by atoms with Crippen LogP contribution in [0.5, 0.6) is 0 Å². The summed E-state index contributed by atoms with van der Waals surface area (Å²) in [6, 6.07) is 32.3. The first-order valence-corrected chi connectivity index (χ1v) is 7.74. The summed E-state index contributed by atoms with van der Waals surface area (Å²) in [5.74, 6) is 0. The van der Waals surface area contributed by atoms with E-state index in [1.807, 2.05) is 0 Å². The second-order valence-corrected chi connectivity index (χ2v) is 6.56. The Morgan fingerprint density at radius 1 is 0.429 bits per heavy atom. The van der Waals surface area contributed by atoms with Gasteiger partial charge in [0.25, 0.3) is 0 Å². The van der Waals surface area contributed by atoms with Gasteiger partial charge >= 0.3 is 16.5 Å². The minimum absolute atomic E-state index is 0. The van der Waals surface area contributed by atoms with Crippen LogP contribution in [0.4, 0.5) is 0 Å². The van der Waals surface area contributed by atoms with Gasteiger partial charge in [-0.3, -0.25) is 0 Å². The summed E-state index contributed by atoms with van der Waals surface area (Å²) >= 11 is 0. The van der Waals surface area contributed by atoms with Crippen molar-refractivity contribution in [1.29, 1.82) is 0 Å². The first-order valence-electron chi connectivity index (χ1n) is 6.40. The number of hydrogen-bond donors (Lipinski definition) is 0. The van der Waals surface area contributed by atoms with Gasteiger partial charge in [0, 0.05) is 0 Å². The summed E-state index contributed by atoms with van der Waals surface area (Å²) in [4.78, 5) is 0. The third-order valence-corrected chi connectivity index (χ3v) is 5.49. The van der Waals surface area contributed by atoms with Crippen LogP contribution in [-0.4, -0.2) is 0 Å². The molecule has 0 saturated heterocycles. The van der Waals surface area contributed by atoms with Gasteiger partial charge < -0.3 is 17.0 Å². The number of benzene rings is 3. The van der Waals surface area contributed by atoms with E-state index >= 15 is 0 Å². The summed E-state index contributed by atoms with van der Waals surface area (Å²) in [5.41, 5.74) is 0. The van der Waals surface area contributed by atoms with Crippen molar-refractivity contribution in [1.82, 2.24) is 0 Å². The Balaban J connectivity index is 0.00000110. The molecule has 0 radical (unpaired) electrons. The first-order chi connectivity index (χ1) is 9.45. The van der Waals surface area contributed by atoms with Gasteiger partial charge in [0.05, 0.1) is 0 Å². The molecule has 0 heterocycles. The summed E-state index contributed by atoms with van der Waals surface area (Å²) in [6.45, 7) is 0. The topological polar surface area (TPSA) is 0 Å². The zero-order chi connectivity index (χ0) is 12.9. The van der Waals surface area contributed by atoms with Gasteiger partial charge in [0.2, 0.25) is 0 Å². The van der Waals surface area contributed by atoms with Gasteiger partial charge in [0.15, 0.2) is 0 Å². The van der Waals surface area contributed by atoms with Crippen LogP contribution in [0, 0.1) is 0 Å². The molecule has 0 N–H and O–H groups in total. The van der Waals surface area contributed by atoms with Gasteiger partial charge in [-0.05, 0) is 23.8 Å². The van der Waals surface area contributed by atoms with Crippen molar-refractivity contribution in [2.24, 2.45) is 0 Å². The molecule has 0 aliphatic heterocycles. The van der Waals surface area contributed by atoms with Crippen LogP contribution in [0.1, 0.15) is 0 Å². The Morgan fingerprint density at radius 3 is 0.905 bits per heavy atom. The number of rotatable bonds is 3. The van der Waals surface area contributed by atoms with Crippen LogP contribution in [0.2, 0.25) is 0 Å². The van der Waals surface area contributed by atoms with E-state index in [4.69, 9.17) is 0 Å². The molecular formula is C18H15BrNiP+. The molecule has 0 aliphatic rings. The fourth-order valence-corrected chi connectivity index (χ4v) is 4.48. The molecular weight excluding hydrogens is 386 g/mol. The van der Waals surface area contributed by atoms with Crippen LogP contribution in [0.15, 0.2) is 91.0 Å². The molecule has 3 aromatic carbocycles. The van der Waals surface area contributed by atoms with E-state index in [9.17, 15) is 0 Å². The molecule has 0 aliphatic carbocycles. The Kier molecular flexibility index (Phi) is 7.90. The molecule has 3 rings (SSSR count). The molecule has 3 aromatic rings. The second-order valence-electron chi connectivity index (χ2n) is 4.34. The third-order valence-electron chi connectivity index (χ3n) is 3.04. The van der Waals surface area contributed by atoms with Crippen LogP contribution in [0.25, 0.3) is 0 Å². The van der Waals surface area contributed by atoms with Crippen LogP contribution in [0.3, 0.4) is 0 Å². The van der Waals surface area contributed by atoms with Gasteiger partial charge in [0.1, 0.15) is 0 Å². The average molecular weight is 401 g/mol. The predicted molar refractivity (Wildman–Crippen MR) is 85.1 cm³/mol. The standard InChI is InChI=1S/C18H15P.BrH.Ni/c1-4-10-16(11-5-1)19(17-12-6-2-7-13-17)18-14-8-3-9-15-18;;/h1-15H;1H;/q;;+2/p-1. The second kappa shape index (κ2) is 9.16. The maximum absolute atomic E-state index is 2.23. The first kappa shape index (κ1) is 18.1. The Hall–Kier alpha value is -0.936. The number of halogens is 1. The molecule has 21 heavy (non-hydrogen) atoms. The minimum Gasteiger partial charge on any atom is -1.00 e. The van der Waals surface area contributed by atoms with Crippen molar-refractivity contribution in [2.75, 3.05) is 0 Å². The number of hydrogen-bond acceptors (Lipinski definition) is 0. The molecule has 0 unspecified atom stereocenters. The van der Waals surface area contributed by atoms with Gasteiger partial charge in [-0.1, -0.05) is 91.0 Å².